The molecule has 1 amide bonds. The standard InChI is InChI=1S/C21H20ClN3O4/c1-12-5-4-6-15(22)19(12)25-11-14(10-18(25)26)21-23-20(24-29-21)13-7-8-16(27-2)17(9-13)28-3/h4-9,14H,10-11H2,1-3H3. The summed E-state index contributed by atoms with van der Waals surface area (Å²) in [5.41, 5.74) is 2.42. The van der Waals surface area contributed by atoms with Gasteiger partial charge < -0.3 is 18.9 Å². The summed E-state index contributed by atoms with van der Waals surface area (Å²) in [4.78, 5) is 18.9. The number of carbonyl (C=O) groups is 1. The van der Waals surface area contributed by atoms with Gasteiger partial charge in [-0.25, -0.2) is 0 Å². The Balaban J connectivity index is 1.59. The smallest absolute Gasteiger partial charge is 0.232 e. The van der Waals surface area contributed by atoms with E-state index in [1.165, 1.54) is 0 Å². The van der Waals surface area contributed by atoms with E-state index in [0.29, 0.717) is 34.8 Å². The lowest BCUT2D eigenvalue weighted by Crippen LogP contribution is -2.25. The van der Waals surface area contributed by atoms with Gasteiger partial charge in [-0.15, -0.1) is 0 Å². The van der Waals surface area contributed by atoms with Crippen LogP contribution in [0.3, 0.4) is 0 Å². The highest BCUT2D eigenvalue weighted by molar-refractivity contribution is 6.34. The van der Waals surface area contributed by atoms with E-state index in [0.717, 1.165) is 16.8 Å². The molecule has 4 rings (SSSR count). The number of amides is 1. The Morgan fingerprint density at radius 1 is 1.17 bits per heavy atom. The van der Waals surface area contributed by atoms with Gasteiger partial charge in [-0.1, -0.05) is 28.9 Å². The van der Waals surface area contributed by atoms with Crippen molar-refractivity contribution in [3.8, 4) is 22.9 Å². The first-order chi connectivity index (χ1) is 14.0. The Bertz CT molecular complexity index is 1050. The molecule has 1 fully saturated rings. The fraction of sp³-hybridized carbons (Fsp3) is 0.286. The molecule has 3 aromatic rings. The van der Waals surface area contributed by atoms with Gasteiger partial charge in [0.25, 0.3) is 0 Å². The lowest BCUT2D eigenvalue weighted by Gasteiger charge is -2.20. The fourth-order valence-corrected chi connectivity index (χ4v) is 3.87. The lowest BCUT2D eigenvalue weighted by molar-refractivity contribution is -0.117. The number of methoxy groups -OCH3 is 2. The molecule has 2 aromatic carbocycles. The molecule has 0 N–H and O–H groups in total. The summed E-state index contributed by atoms with van der Waals surface area (Å²) in [6.45, 7) is 2.38. The number of nitrogens with zero attached hydrogens (tertiary/aromatic N) is 3. The van der Waals surface area contributed by atoms with Gasteiger partial charge >= 0.3 is 0 Å². The van der Waals surface area contributed by atoms with Crippen LogP contribution in [0.15, 0.2) is 40.9 Å². The number of halogens is 1. The SMILES string of the molecule is COc1ccc(-c2noc(C3CC(=O)N(c4c(C)cccc4Cl)C3)n2)cc1OC. The summed E-state index contributed by atoms with van der Waals surface area (Å²) in [6, 6.07) is 11.0. The molecule has 1 aliphatic heterocycles. The van der Waals surface area contributed by atoms with Gasteiger partial charge in [-0.05, 0) is 36.8 Å². The number of rotatable bonds is 5. The quantitative estimate of drug-likeness (QED) is 0.622. The van der Waals surface area contributed by atoms with Crippen LogP contribution in [0.4, 0.5) is 5.69 Å². The van der Waals surface area contributed by atoms with Crippen molar-refractivity contribution in [3.05, 3.63) is 52.9 Å². The predicted octanol–water partition coefficient (Wildman–Crippen LogP) is 4.24. The molecule has 150 valence electrons. The van der Waals surface area contributed by atoms with Crippen molar-refractivity contribution in [1.82, 2.24) is 10.1 Å². The van der Waals surface area contributed by atoms with Gasteiger partial charge in [0.05, 0.1) is 30.8 Å². The van der Waals surface area contributed by atoms with E-state index >= 15 is 0 Å². The molecule has 1 saturated heterocycles. The predicted molar refractivity (Wildman–Crippen MR) is 109 cm³/mol. The van der Waals surface area contributed by atoms with Gasteiger partial charge in [0.15, 0.2) is 11.5 Å². The van der Waals surface area contributed by atoms with Crippen LogP contribution in [0.25, 0.3) is 11.4 Å². The Morgan fingerprint density at radius 3 is 2.69 bits per heavy atom. The maximum atomic E-state index is 12.6. The molecular weight excluding hydrogens is 394 g/mol. The summed E-state index contributed by atoms with van der Waals surface area (Å²) in [6.07, 6.45) is 0.290. The second-order valence-corrected chi connectivity index (χ2v) is 7.24. The molecule has 29 heavy (non-hydrogen) atoms. The van der Waals surface area contributed by atoms with Crippen molar-refractivity contribution >= 4 is 23.2 Å². The summed E-state index contributed by atoms with van der Waals surface area (Å²) >= 11 is 6.34. The van der Waals surface area contributed by atoms with Crippen molar-refractivity contribution < 1.29 is 18.8 Å². The summed E-state index contributed by atoms with van der Waals surface area (Å²) in [7, 11) is 3.15. The van der Waals surface area contributed by atoms with E-state index in [-0.39, 0.29) is 18.2 Å². The number of para-hydroxylation sites is 1. The highest BCUT2D eigenvalue weighted by Gasteiger charge is 2.36. The molecule has 1 aromatic heterocycles. The minimum atomic E-state index is -0.195. The summed E-state index contributed by atoms with van der Waals surface area (Å²) in [5, 5.41) is 4.63. The molecule has 2 heterocycles. The second-order valence-electron chi connectivity index (χ2n) is 6.84. The molecule has 0 radical (unpaired) electrons. The Morgan fingerprint density at radius 2 is 1.97 bits per heavy atom. The van der Waals surface area contributed by atoms with E-state index in [1.807, 2.05) is 25.1 Å². The third kappa shape index (κ3) is 3.53. The first-order valence-electron chi connectivity index (χ1n) is 9.13. The lowest BCUT2D eigenvalue weighted by atomic mass is 10.1. The zero-order valence-electron chi connectivity index (χ0n) is 16.3. The molecule has 0 saturated carbocycles. The molecule has 0 spiro atoms. The van der Waals surface area contributed by atoms with Crippen LogP contribution >= 0.6 is 11.6 Å². The summed E-state index contributed by atoms with van der Waals surface area (Å²) in [5.74, 6) is 1.84. The number of hydrogen-bond acceptors (Lipinski definition) is 6. The molecule has 1 atom stereocenters. The average Bonchev–Trinajstić information content (AvgIpc) is 3.35. The molecule has 8 heteroatoms. The van der Waals surface area contributed by atoms with Crippen molar-refractivity contribution in [1.29, 1.82) is 0 Å². The van der Waals surface area contributed by atoms with Crippen molar-refractivity contribution in [2.45, 2.75) is 19.3 Å². The van der Waals surface area contributed by atoms with Gasteiger partial charge in [0, 0.05) is 18.5 Å². The van der Waals surface area contributed by atoms with E-state index in [4.69, 9.17) is 25.6 Å². The first-order valence-corrected chi connectivity index (χ1v) is 9.51. The van der Waals surface area contributed by atoms with Crippen molar-refractivity contribution in [3.63, 3.8) is 0 Å². The van der Waals surface area contributed by atoms with E-state index in [9.17, 15) is 4.79 Å². The Labute approximate surface area is 173 Å². The maximum Gasteiger partial charge on any atom is 0.232 e. The van der Waals surface area contributed by atoms with Crippen LogP contribution in [0.1, 0.15) is 23.8 Å². The van der Waals surface area contributed by atoms with Crippen molar-refractivity contribution in [2.75, 3.05) is 25.7 Å². The van der Waals surface area contributed by atoms with Crippen LogP contribution in [0.5, 0.6) is 11.5 Å². The fourth-order valence-electron chi connectivity index (χ4n) is 3.55. The van der Waals surface area contributed by atoms with E-state index in [2.05, 4.69) is 10.1 Å². The number of aryl methyl sites for hydroxylation is 1. The zero-order valence-corrected chi connectivity index (χ0v) is 17.1. The minimum Gasteiger partial charge on any atom is -0.493 e. The molecular formula is C21H20ClN3O4. The molecule has 1 aliphatic rings. The zero-order chi connectivity index (χ0) is 20.5. The highest BCUT2D eigenvalue weighted by Crippen LogP contribution is 2.37. The average molecular weight is 414 g/mol. The Kier molecular flexibility index (Phi) is 5.15. The molecule has 1 unspecified atom stereocenters. The van der Waals surface area contributed by atoms with Crippen LogP contribution in [-0.2, 0) is 4.79 Å². The number of carbonyl (C=O) groups excluding carboxylic acids is 1. The minimum absolute atomic E-state index is 0.0166. The van der Waals surface area contributed by atoms with Gasteiger partial charge in [0.1, 0.15) is 0 Å². The Hall–Kier alpha value is -3.06. The van der Waals surface area contributed by atoms with Crippen molar-refractivity contribution in [2.24, 2.45) is 0 Å². The van der Waals surface area contributed by atoms with Gasteiger partial charge in [0.2, 0.25) is 17.6 Å². The number of benzene rings is 2. The largest absolute Gasteiger partial charge is 0.493 e. The van der Waals surface area contributed by atoms with Crippen LogP contribution in [0, 0.1) is 6.92 Å². The monoisotopic (exact) mass is 413 g/mol. The first kappa shape index (κ1) is 19.3. The van der Waals surface area contributed by atoms with Crippen LogP contribution in [-0.4, -0.2) is 36.8 Å². The van der Waals surface area contributed by atoms with E-state index < -0.39 is 0 Å². The van der Waals surface area contributed by atoms with Crippen LogP contribution < -0.4 is 14.4 Å². The second kappa shape index (κ2) is 7.75. The number of aromatic nitrogens is 2. The summed E-state index contributed by atoms with van der Waals surface area (Å²) < 4.78 is 16.1. The number of hydrogen-bond donors (Lipinski definition) is 0. The normalized spacial score (nSPS) is 16.3. The molecule has 0 bridgehead atoms. The molecule has 7 nitrogen and oxygen atoms in total. The third-order valence-electron chi connectivity index (χ3n) is 5.02. The topological polar surface area (TPSA) is 77.7 Å². The number of anilines is 1. The molecule has 0 aliphatic carbocycles. The van der Waals surface area contributed by atoms with Gasteiger partial charge in [-0.3, -0.25) is 4.79 Å². The van der Waals surface area contributed by atoms with Crippen LogP contribution in [0.2, 0.25) is 5.02 Å². The van der Waals surface area contributed by atoms with Gasteiger partial charge in [-0.2, -0.15) is 4.98 Å². The third-order valence-corrected chi connectivity index (χ3v) is 5.32. The highest BCUT2D eigenvalue weighted by atomic mass is 35.5. The van der Waals surface area contributed by atoms with E-state index in [1.54, 1.807) is 37.3 Å². The number of ether oxygens (including phenoxy) is 2. The maximum absolute atomic E-state index is 12.6.